The van der Waals surface area contributed by atoms with E-state index in [-0.39, 0.29) is 11.8 Å². The van der Waals surface area contributed by atoms with E-state index in [1.807, 2.05) is 0 Å². The summed E-state index contributed by atoms with van der Waals surface area (Å²) in [5, 5.41) is 11.6. The largest absolute Gasteiger partial charge is 0.395 e. The first-order valence-electron chi connectivity index (χ1n) is 2.92. The van der Waals surface area contributed by atoms with Crippen LogP contribution in [0.1, 0.15) is 0 Å². The van der Waals surface area contributed by atoms with Gasteiger partial charge >= 0.3 is 0 Å². The molecule has 5 heteroatoms. The number of rotatable bonds is 3. The van der Waals surface area contributed by atoms with Gasteiger partial charge in [-0.15, -0.1) is 0 Å². The second kappa shape index (κ2) is 3.20. The summed E-state index contributed by atoms with van der Waals surface area (Å²) in [4.78, 5) is 0. The van der Waals surface area contributed by atoms with Crippen LogP contribution in [0.15, 0.2) is 0 Å². The Morgan fingerprint density at radius 2 is 1.88 bits per heavy atom. The Bertz CT molecular complexity index is 62.0. The molecule has 0 heterocycles. The molecule has 0 aromatic rings. The van der Waals surface area contributed by atoms with Gasteiger partial charge in [-0.25, -0.2) is 0 Å². The van der Waals surface area contributed by atoms with E-state index in [0.29, 0.717) is 6.54 Å². The van der Waals surface area contributed by atoms with Crippen LogP contribution in [0, 0.1) is 0 Å². The normalized spacial score (nSPS) is 11.6. The molecule has 0 aromatic heterocycles. The van der Waals surface area contributed by atoms with Gasteiger partial charge in [0.25, 0.3) is 0 Å². The van der Waals surface area contributed by atoms with Crippen molar-refractivity contribution in [2.45, 2.75) is 5.24 Å². The summed E-state index contributed by atoms with van der Waals surface area (Å²) in [6.07, 6.45) is 0. The van der Waals surface area contributed by atoms with Gasteiger partial charge in [-0.1, -0.05) is 5.24 Å². The van der Waals surface area contributed by atoms with Crippen molar-refractivity contribution in [3.63, 3.8) is 0 Å². The maximum atomic E-state index is 8.37. The smallest absolute Gasteiger partial charge is 0.106 e. The molecule has 0 aliphatic carbocycles. The summed E-state index contributed by atoms with van der Waals surface area (Å²) < 4.78 is 0. The van der Waals surface area contributed by atoms with E-state index in [1.165, 1.54) is 0 Å². The van der Waals surface area contributed by atoms with Crippen molar-refractivity contribution in [2.24, 2.45) is 0 Å². The first-order valence-corrected chi connectivity index (χ1v) is 2.92. The van der Waals surface area contributed by atoms with Crippen molar-refractivity contribution in [2.75, 3.05) is 13.2 Å². The number of hydrogen-bond donors (Lipinski definition) is 2. The van der Waals surface area contributed by atoms with Crippen LogP contribution in [0.2, 0.25) is 0 Å². The maximum Gasteiger partial charge on any atom is 0.106 e. The van der Waals surface area contributed by atoms with Crippen LogP contribution < -0.4 is 5.32 Å². The molecule has 44 valence electrons. The number of nitrogens with one attached hydrogen (secondary N) is 1. The highest BCUT2D eigenvalue weighted by Crippen LogP contribution is 1.78. The summed E-state index contributed by atoms with van der Waals surface area (Å²) in [6.45, 7) is 0.904. The lowest BCUT2D eigenvalue weighted by molar-refractivity contribution is 0.292. The van der Waals surface area contributed by atoms with Crippen molar-refractivity contribution >= 4 is 23.5 Å². The van der Waals surface area contributed by atoms with Crippen LogP contribution in [-0.4, -0.2) is 47.0 Å². The molecule has 0 amide bonds. The quantitative estimate of drug-likeness (QED) is 0.364. The van der Waals surface area contributed by atoms with Crippen LogP contribution in [0.25, 0.3) is 0 Å². The third-order valence-corrected chi connectivity index (χ3v) is 0.767. The average molecular weight is 111 g/mol. The SMILES string of the molecule is BC(B)(B)NCCO. The zero-order chi connectivity index (χ0) is 6.62. The van der Waals surface area contributed by atoms with E-state index < -0.39 is 0 Å². The van der Waals surface area contributed by atoms with Gasteiger partial charge in [0.1, 0.15) is 23.5 Å². The number of hydrogen-bond acceptors (Lipinski definition) is 2. The van der Waals surface area contributed by atoms with E-state index in [1.54, 1.807) is 0 Å². The van der Waals surface area contributed by atoms with E-state index in [9.17, 15) is 0 Å². The second-order valence-corrected chi connectivity index (χ2v) is 2.90. The molecule has 8 heavy (non-hydrogen) atoms. The van der Waals surface area contributed by atoms with Crippen molar-refractivity contribution in [1.29, 1.82) is 0 Å². The van der Waals surface area contributed by atoms with Crippen LogP contribution in [0.5, 0.6) is 0 Å². The lowest BCUT2D eigenvalue weighted by Crippen LogP contribution is -2.48. The lowest BCUT2D eigenvalue weighted by atomic mass is 9.49. The third-order valence-electron chi connectivity index (χ3n) is 0.767. The Kier molecular flexibility index (Phi) is 3.25. The van der Waals surface area contributed by atoms with Crippen molar-refractivity contribution in [3.05, 3.63) is 0 Å². The van der Waals surface area contributed by atoms with Crippen LogP contribution in [0.4, 0.5) is 0 Å². The molecule has 0 aliphatic heterocycles. The summed E-state index contributed by atoms with van der Waals surface area (Å²) in [7, 11) is 6.22. The van der Waals surface area contributed by atoms with Crippen LogP contribution in [-0.2, 0) is 0 Å². The molecule has 0 rings (SSSR count). The van der Waals surface area contributed by atoms with Crippen LogP contribution >= 0.6 is 0 Å². The third kappa shape index (κ3) is 6.11. The van der Waals surface area contributed by atoms with E-state index in [0.717, 1.165) is 0 Å². The Balaban J connectivity index is 3.11. The van der Waals surface area contributed by atoms with Gasteiger partial charge in [-0.3, -0.25) is 0 Å². The highest BCUT2D eigenvalue weighted by Gasteiger charge is 2.06. The number of aliphatic hydroxyl groups is 1. The molecule has 0 radical (unpaired) electrons. The average Bonchev–Trinajstić information content (AvgIpc) is 1.59. The summed E-state index contributed by atoms with van der Waals surface area (Å²) >= 11 is 0. The Morgan fingerprint density at radius 1 is 1.38 bits per heavy atom. The van der Waals surface area contributed by atoms with Crippen molar-refractivity contribution < 1.29 is 5.11 Å². The Morgan fingerprint density at radius 3 is 2.00 bits per heavy atom. The van der Waals surface area contributed by atoms with Crippen molar-refractivity contribution in [1.82, 2.24) is 5.32 Å². The topological polar surface area (TPSA) is 32.3 Å². The maximum absolute atomic E-state index is 8.37. The highest BCUT2D eigenvalue weighted by molar-refractivity contribution is 6.59. The standard InChI is InChI=1S/C3H12B3NO/c4-3(5,6)7-1-2-8/h7-8H,1-2,4-6H2. The molecule has 0 aromatic carbocycles. The van der Waals surface area contributed by atoms with Crippen molar-refractivity contribution in [3.8, 4) is 0 Å². The van der Waals surface area contributed by atoms with Gasteiger partial charge in [0.2, 0.25) is 0 Å². The molecule has 2 N–H and O–H groups in total. The zero-order valence-corrected chi connectivity index (χ0v) is 5.86. The van der Waals surface area contributed by atoms with Gasteiger partial charge in [-0.05, 0) is 0 Å². The predicted octanol–water partition coefficient (Wildman–Crippen LogP) is -3.92. The highest BCUT2D eigenvalue weighted by atomic mass is 16.3. The minimum atomic E-state index is 0.142. The molecular formula is C3H12B3NO. The minimum Gasteiger partial charge on any atom is -0.395 e. The first kappa shape index (κ1) is 8.11. The molecular weight excluding hydrogens is 98.5 g/mol. The molecule has 0 aliphatic rings. The summed E-state index contributed by atoms with van der Waals surface area (Å²) in [6, 6.07) is 0. The van der Waals surface area contributed by atoms with E-state index in [2.05, 4.69) is 28.9 Å². The van der Waals surface area contributed by atoms with E-state index >= 15 is 0 Å². The van der Waals surface area contributed by atoms with E-state index in [4.69, 9.17) is 5.11 Å². The predicted molar refractivity (Wildman–Crippen MR) is 43.5 cm³/mol. The first-order chi connectivity index (χ1) is 3.56. The summed E-state index contributed by atoms with van der Waals surface area (Å²) in [5.74, 6) is 0. The molecule has 0 saturated carbocycles. The Hall–Kier alpha value is 0.115. The second-order valence-electron chi connectivity index (χ2n) is 2.90. The van der Waals surface area contributed by atoms with Gasteiger partial charge < -0.3 is 10.4 Å². The van der Waals surface area contributed by atoms with Gasteiger partial charge in [0.15, 0.2) is 0 Å². The zero-order valence-electron chi connectivity index (χ0n) is 5.86. The molecule has 0 bridgehead atoms. The van der Waals surface area contributed by atoms with Crippen LogP contribution in [0.3, 0.4) is 0 Å². The molecule has 0 fully saturated rings. The monoisotopic (exact) mass is 111 g/mol. The molecule has 2 nitrogen and oxygen atoms in total. The fourth-order valence-electron chi connectivity index (χ4n) is 0.431. The minimum absolute atomic E-state index is 0.142. The fourth-order valence-corrected chi connectivity index (χ4v) is 0.431. The Labute approximate surface area is 53.3 Å². The summed E-state index contributed by atoms with van der Waals surface area (Å²) in [5.41, 5.74) is 0. The van der Waals surface area contributed by atoms with Gasteiger partial charge in [0.05, 0.1) is 6.61 Å². The molecule has 0 saturated heterocycles. The van der Waals surface area contributed by atoms with Gasteiger partial charge in [-0.2, -0.15) is 0 Å². The molecule has 0 spiro atoms. The van der Waals surface area contributed by atoms with Gasteiger partial charge in [0, 0.05) is 6.54 Å². The lowest BCUT2D eigenvalue weighted by Gasteiger charge is -2.18. The molecule has 0 atom stereocenters. The number of aliphatic hydroxyl groups excluding tert-OH is 1. The fraction of sp³-hybridized carbons (Fsp3) is 1.00. The molecule has 0 unspecified atom stereocenters.